The molecule has 1 aromatic heterocycles. The maximum Gasteiger partial charge on any atom is 0.261 e. The fourth-order valence-corrected chi connectivity index (χ4v) is 4.47. The Hall–Kier alpha value is -3.14. The van der Waals surface area contributed by atoms with Crippen molar-refractivity contribution in [1.82, 2.24) is 10.3 Å². The summed E-state index contributed by atoms with van der Waals surface area (Å²) in [4.78, 5) is 16.9. The van der Waals surface area contributed by atoms with Gasteiger partial charge in [-0.3, -0.25) is 9.52 Å². The van der Waals surface area contributed by atoms with Crippen LogP contribution in [0.5, 0.6) is 11.6 Å². The molecule has 33 heavy (non-hydrogen) atoms. The SMILES string of the molecule is O=C(NCC1CCCO1)c1cccnc1Oc1ccc(NS(=O)(=O)c2ccc(Cl)cc2)cc1. The predicted octanol–water partition coefficient (Wildman–Crippen LogP) is 4.24. The van der Waals surface area contributed by atoms with E-state index in [1.54, 1.807) is 36.4 Å². The summed E-state index contributed by atoms with van der Waals surface area (Å²) in [5.41, 5.74) is 0.649. The number of nitrogens with one attached hydrogen (secondary N) is 2. The molecule has 172 valence electrons. The number of carbonyl (C=O) groups is 1. The molecule has 1 aliphatic rings. The third-order valence-corrected chi connectivity index (χ3v) is 6.62. The number of pyridine rings is 1. The molecule has 2 aromatic carbocycles. The van der Waals surface area contributed by atoms with E-state index in [9.17, 15) is 13.2 Å². The molecule has 1 aliphatic heterocycles. The normalized spacial score (nSPS) is 15.7. The molecule has 2 N–H and O–H groups in total. The Balaban J connectivity index is 1.42. The molecule has 4 rings (SSSR count). The summed E-state index contributed by atoms with van der Waals surface area (Å²) in [6.07, 6.45) is 3.47. The molecule has 2 heterocycles. The second-order valence-corrected chi connectivity index (χ2v) is 9.51. The molecular formula is C23H22ClN3O5S. The van der Waals surface area contributed by atoms with E-state index in [1.165, 1.54) is 30.5 Å². The zero-order valence-electron chi connectivity index (χ0n) is 17.5. The maximum atomic E-state index is 12.6. The molecule has 0 spiro atoms. The molecule has 0 bridgehead atoms. The quantitative estimate of drug-likeness (QED) is 0.492. The maximum absolute atomic E-state index is 12.6. The molecular weight excluding hydrogens is 466 g/mol. The van der Waals surface area contributed by atoms with Crippen molar-refractivity contribution in [3.8, 4) is 11.6 Å². The second-order valence-electron chi connectivity index (χ2n) is 7.39. The van der Waals surface area contributed by atoms with Gasteiger partial charge in [0.2, 0.25) is 5.88 Å². The van der Waals surface area contributed by atoms with Crippen LogP contribution >= 0.6 is 11.6 Å². The van der Waals surface area contributed by atoms with Gasteiger partial charge in [-0.25, -0.2) is 13.4 Å². The van der Waals surface area contributed by atoms with Crippen LogP contribution in [0.4, 0.5) is 5.69 Å². The van der Waals surface area contributed by atoms with Gasteiger partial charge in [0.15, 0.2) is 0 Å². The van der Waals surface area contributed by atoms with E-state index in [1.807, 2.05) is 0 Å². The lowest BCUT2D eigenvalue weighted by molar-refractivity contribution is 0.0855. The molecule has 1 saturated heterocycles. The minimum Gasteiger partial charge on any atom is -0.438 e. The third kappa shape index (κ3) is 6.01. The molecule has 10 heteroatoms. The highest BCUT2D eigenvalue weighted by atomic mass is 35.5. The van der Waals surface area contributed by atoms with Crippen LogP contribution in [-0.4, -0.2) is 38.6 Å². The third-order valence-electron chi connectivity index (χ3n) is 4.98. The fraction of sp³-hybridized carbons (Fsp3) is 0.217. The van der Waals surface area contributed by atoms with Crippen molar-refractivity contribution in [2.75, 3.05) is 17.9 Å². The number of halogens is 1. The molecule has 3 aromatic rings. The first kappa shape index (κ1) is 23.0. The average Bonchev–Trinajstić information content (AvgIpc) is 3.33. The molecule has 8 nitrogen and oxygen atoms in total. The summed E-state index contributed by atoms with van der Waals surface area (Å²) in [6, 6.07) is 15.4. The summed E-state index contributed by atoms with van der Waals surface area (Å²) in [5, 5.41) is 3.30. The second kappa shape index (κ2) is 10.2. The molecule has 1 unspecified atom stereocenters. The van der Waals surface area contributed by atoms with Crippen molar-refractivity contribution < 1.29 is 22.7 Å². The predicted molar refractivity (Wildman–Crippen MR) is 124 cm³/mol. The lowest BCUT2D eigenvalue weighted by Gasteiger charge is -2.13. The van der Waals surface area contributed by atoms with Gasteiger partial charge in [-0.2, -0.15) is 0 Å². The Morgan fingerprint density at radius 2 is 1.88 bits per heavy atom. The molecule has 1 atom stereocenters. The van der Waals surface area contributed by atoms with Gasteiger partial charge in [0.1, 0.15) is 11.3 Å². The first-order valence-electron chi connectivity index (χ1n) is 10.3. The van der Waals surface area contributed by atoms with Crippen LogP contribution in [0.1, 0.15) is 23.2 Å². The van der Waals surface area contributed by atoms with E-state index in [-0.39, 0.29) is 22.8 Å². The van der Waals surface area contributed by atoms with E-state index < -0.39 is 10.0 Å². The van der Waals surface area contributed by atoms with Gasteiger partial charge >= 0.3 is 0 Å². The van der Waals surface area contributed by atoms with Gasteiger partial charge in [-0.1, -0.05) is 11.6 Å². The number of hydrogen-bond acceptors (Lipinski definition) is 6. The highest BCUT2D eigenvalue weighted by Crippen LogP contribution is 2.26. The number of sulfonamides is 1. The van der Waals surface area contributed by atoms with Crippen LogP contribution in [0, 0.1) is 0 Å². The minimum absolute atomic E-state index is 0.0270. The highest BCUT2D eigenvalue weighted by Gasteiger charge is 2.19. The smallest absolute Gasteiger partial charge is 0.261 e. The lowest BCUT2D eigenvalue weighted by atomic mass is 10.2. The van der Waals surface area contributed by atoms with E-state index >= 15 is 0 Å². The van der Waals surface area contributed by atoms with Crippen LogP contribution in [0.3, 0.4) is 0 Å². The number of hydrogen-bond donors (Lipinski definition) is 2. The van der Waals surface area contributed by atoms with Gasteiger partial charge in [0, 0.05) is 30.1 Å². The van der Waals surface area contributed by atoms with Gasteiger partial charge in [0.05, 0.1) is 11.0 Å². The average molecular weight is 488 g/mol. The number of carbonyl (C=O) groups excluding carboxylic acids is 1. The van der Waals surface area contributed by atoms with Crippen molar-refractivity contribution in [1.29, 1.82) is 0 Å². The highest BCUT2D eigenvalue weighted by molar-refractivity contribution is 7.92. The number of amides is 1. The zero-order chi connectivity index (χ0) is 23.3. The Morgan fingerprint density at radius 3 is 2.58 bits per heavy atom. The standard InChI is InChI=1S/C23H22ClN3O5S/c24-16-5-11-20(12-6-16)33(29,30)27-17-7-9-18(10-8-17)32-23-21(4-1-13-25-23)22(28)26-15-19-3-2-14-31-19/h1,4-13,19,27H,2-3,14-15H2,(H,26,28). The minimum atomic E-state index is -3.76. The number of nitrogens with zero attached hydrogens (tertiary/aromatic N) is 1. The largest absolute Gasteiger partial charge is 0.438 e. The first-order chi connectivity index (χ1) is 15.9. The van der Waals surface area contributed by atoms with E-state index in [0.717, 1.165) is 12.8 Å². The monoisotopic (exact) mass is 487 g/mol. The molecule has 0 aliphatic carbocycles. The van der Waals surface area contributed by atoms with E-state index in [0.29, 0.717) is 35.2 Å². The summed E-state index contributed by atoms with van der Waals surface area (Å²) < 4.78 is 38.9. The summed E-state index contributed by atoms with van der Waals surface area (Å²) in [7, 11) is -3.76. The fourth-order valence-electron chi connectivity index (χ4n) is 3.28. The molecule has 0 radical (unpaired) electrons. The van der Waals surface area contributed by atoms with Crippen LogP contribution in [-0.2, 0) is 14.8 Å². The van der Waals surface area contributed by atoms with Crippen LogP contribution < -0.4 is 14.8 Å². The number of rotatable bonds is 8. The van der Waals surface area contributed by atoms with E-state index in [4.69, 9.17) is 21.1 Å². The molecule has 0 saturated carbocycles. The summed E-state index contributed by atoms with van der Waals surface area (Å²) >= 11 is 5.82. The Morgan fingerprint density at radius 1 is 1.12 bits per heavy atom. The number of anilines is 1. The van der Waals surface area contributed by atoms with Crippen molar-refractivity contribution in [3.63, 3.8) is 0 Å². The van der Waals surface area contributed by atoms with Crippen LogP contribution in [0.25, 0.3) is 0 Å². The van der Waals surface area contributed by atoms with E-state index in [2.05, 4.69) is 15.0 Å². The first-order valence-corrected chi connectivity index (χ1v) is 12.2. The Labute approximate surface area is 197 Å². The van der Waals surface area contributed by atoms with Gasteiger partial charge in [-0.15, -0.1) is 0 Å². The number of ether oxygens (including phenoxy) is 2. The van der Waals surface area contributed by atoms with Crippen LogP contribution in [0.15, 0.2) is 71.8 Å². The van der Waals surface area contributed by atoms with Crippen molar-refractivity contribution in [3.05, 3.63) is 77.4 Å². The zero-order valence-corrected chi connectivity index (χ0v) is 19.1. The Bertz CT molecular complexity index is 1210. The van der Waals surface area contributed by atoms with Crippen molar-refractivity contribution in [2.45, 2.75) is 23.8 Å². The topological polar surface area (TPSA) is 107 Å². The van der Waals surface area contributed by atoms with Crippen molar-refractivity contribution >= 4 is 33.2 Å². The van der Waals surface area contributed by atoms with Crippen LogP contribution in [0.2, 0.25) is 5.02 Å². The van der Waals surface area contributed by atoms with Gasteiger partial charge in [0.25, 0.3) is 15.9 Å². The number of benzene rings is 2. The number of aromatic nitrogens is 1. The van der Waals surface area contributed by atoms with Gasteiger partial charge < -0.3 is 14.8 Å². The van der Waals surface area contributed by atoms with Crippen molar-refractivity contribution in [2.24, 2.45) is 0 Å². The molecule has 1 amide bonds. The summed E-state index contributed by atoms with van der Waals surface area (Å²) in [6.45, 7) is 1.14. The lowest BCUT2D eigenvalue weighted by Crippen LogP contribution is -2.32. The molecule has 1 fully saturated rings. The van der Waals surface area contributed by atoms with Gasteiger partial charge in [-0.05, 0) is 73.5 Å². The Kier molecular flexibility index (Phi) is 7.12. The summed E-state index contributed by atoms with van der Waals surface area (Å²) in [5.74, 6) is 0.245.